The monoisotopic (exact) mass is 605 g/mol. The Morgan fingerprint density at radius 1 is 1.07 bits per heavy atom. The molecule has 0 spiro atoms. The van der Waals surface area contributed by atoms with Crippen LogP contribution < -0.4 is 15.0 Å². The molecule has 0 radical (unpaired) electrons. The van der Waals surface area contributed by atoms with E-state index in [1.54, 1.807) is 0 Å². The fraction of sp³-hybridized carbons (Fsp3) is 0.351. The first-order chi connectivity index (χ1) is 22.0. The summed E-state index contributed by atoms with van der Waals surface area (Å²) in [5.74, 6) is 0.778. The van der Waals surface area contributed by atoms with Crippen molar-refractivity contribution in [3.63, 3.8) is 0 Å². The predicted molar refractivity (Wildman–Crippen MR) is 180 cm³/mol. The number of para-hydroxylation sites is 1. The van der Waals surface area contributed by atoms with Crippen molar-refractivity contribution in [1.29, 1.82) is 0 Å². The number of rotatable bonds is 10. The third-order valence-electron chi connectivity index (χ3n) is 8.87. The normalized spacial score (nSPS) is 15.4. The minimum Gasteiger partial charge on any atom is -0.493 e. The Balaban J connectivity index is 1.23. The number of ether oxygens (including phenoxy) is 2. The van der Waals surface area contributed by atoms with E-state index in [-0.39, 0.29) is 5.91 Å². The van der Waals surface area contributed by atoms with E-state index in [0.717, 1.165) is 77.7 Å². The Labute approximate surface area is 266 Å². The van der Waals surface area contributed by atoms with Crippen molar-refractivity contribution in [2.24, 2.45) is 7.05 Å². The maximum Gasteiger partial charge on any atom is 0.251 e. The highest BCUT2D eigenvalue weighted by atomic mass is 16.5. The number of carbonyl (C=O) groups excluding carboxylic acids is 1. The lowest BCUT2D eigenvalue weighted by atomic mass is 9.99. The molecule has 3 aromatic carbocycles. The molecule has 3 heterocycles. The van der Waals surface area contributed by atoms with Crippen LogP contribution in [0.4, 0.5) is 11.4 Å². The predicted octanol–water partition coefficient (Wildman–Crippen LogP) is 6.53. The molecule has 0 atom stereocenters. The van der Waals surface area contributed by atoms with Gasteiger partial charge in [-0.3, -0.25) is 14.4 Å². The highest BCUT2D eigenvalue weighted by molar-refractivity contribution is 6.07. The summed E-state index contributed by atoms with van der Waals surface area (Å²) in [6.07, 6.45) is 6.65. The van der Waals surface area contributed by atoms with Crippen LogP contribution in [0.15, 0.2) is 84.6 Å². The van der Waals surface area contributed by atoms with Crippen LogP contribution in [0.25, 0.3) is 17.2 Å². The van der Waals surface area contributed by atoms with E-state index in [0.29, 0.717) is 32.2 Å². The van der Waals surface area contributed by atoms with Crippen LogP contribution in [0.2, 0.25) is 0 Å². The second kappa shape index (κ2) is 14.1. The summed E-state index contributed by atoms with van der Waals surface area (Å²) in [6, 6.07) is 25.4. The summed E-state index contributed by atoms with van der Waals surface area (Å²) in [6.45, 7) is 6.55. The number of aryl methyl sites for hydroxylation is 1. The number of fused-ring (bicyclic) bond motifs is 1. The zero-order valence-corrected chi connectivity index (χ0v) is 26.5. The summed E-state index contributed by atoms with van der Waals surface area (Å²) in [7, 11) is 4.15. The van der Waals surface area contributed by atoms with E-state index in [2.05, 4.69) is 69.7 Å². The lowest BCUT2D eigenvalue weighted by molar-refractivity contribution is -0.112. The molecule has 6 rings (SSSR count). The van der Waals surface area contributed by atoms with Crippen molar-refractivity contribution >= 4 is 23.4 Å². The van der Waals surface area contributed by atoms with Crippen molar-refractivity contribution < 1.29 is 14.3 Å². The maximum absolute atomic E-state index is 13.7. The van der Waals surface area contributed by atoms with Gasteiger partial charge in [-0.2, -0.15) is 5.10 Å². The molecule has 2 aliphatic heterocycles. The summed E-state index contributed by atoms with van der Waals surface area (Å²) < 4.78 is 13.4. The molecule has 1 N–H and O–H groups in total. The third kappa shape index (κ3) is 7.30. The molecule has 1 saturated heterocycles. The molecule has 234 valence electrons. The Morgan fingerprint density at radius 2 is 1.87 bits per heavy atom. The smallest absolute Gasteiger partial charge is 0.251 e. The van der Waals surface area contributed by atoms with Crippen LogP contribution in [0, 0.1) is 0 Å². The van der Waals surface area contributed by atoms with Crippen molar-refractivity contribution in [2.75, 3.05) is 43.6 Å². The van der Waals surface area contributed by atoms with Crippen molar-refractivity contribution in [1.82, 2.24) is 14.7 Å². The van der Waals surface area contributed by atoms with E-state index in [1.165, 1.54) is 5.56 Å². The van der Waals surface area contributed by atoms with E-state index in [1.807, 2.05) is 61.2 Å². The van der Waals surface area contributed by atoms with Crippen molar-refractivity contribution in [3.8, 4) is 16.9 Å². The number of amides is 1. The van der Waals surface area contributed by atoms with Gasteiger partial charge in [0.25, 0.3) is 5.91 Å². The largest absolute Gasteiger partial charge is 0.493 e. The molecule has 0 bridgehead atoms. The number of benzene rings is 3. The van der Waals surface area contributed by atoms with Crippen molar-refractivity contribution in [3.05, 3.63) is 101 Å². The molecule has 1 fully saturated rings. The molecular formula is C37H43N5O3. The molecule has 8 heteroatoms. The van der Waals surface area contributed by atoms with Gasteiger partial charge >= 0.3 is 0 Å². The van der Waals surface area contributed by atoms with E-state index >= 15 is 0 Å². The van der Waals surface area contributed by atoms with E-state index < -0.39 is 0 Å². The van der Waals surface area contributed by atoms with Crippen LogP contribution >= 0.6 is 0 Å². The Bertz CT molecular complexity index is 1640. The van der Waals surface area contributed by atoms with Gasteiger partial charge in [0.05, 0.1) is 18.8 Å². The van der Waals surface area contributed by atoms with Crippen molar-refractivity contribution in [2.45, 2.75) is 45.3 Å². The first kappa shape index (κ1) is 30.6. The van der Waals surface area contributed by atoms with Gasteiger partial charge in [-0.1, -0.05) is 36.4 Å². The van der Waals surface area contributed by atoms with Crippen LogP contribution in [0.5, 0.6) is 5.75 Å². The Hall–Kier alpha value is -4.40. The molecule has 0 aliphatic carbocycles. The number of hydrogen-bond acceptors (Lipinski definition) is 6. The zero-order chi connectivity index (χ0) is 31.2. The second-order valence-electron chi connectivity index (χ2n) is 11.9. The number of hydrogen-bond donors (Lipinski definition) is 1. The molecule has 1 aromatic heterocycles. The van der Waals surface area contributed by atoms with Gasteiger partial charge in [-0.25, -0.2) is 0 Å². The van der Waals surface area contributed by atoms with Gasteiger partial charge in [0.15, 0.2) is 0 Å². The van der Waals surface area contributed by atoms with Gasteiger partial charge < -0.3 is 19.7 Å². The summed E-state index contributed by atoms with van der Waals surface area (Å²) in [4.78, 5) is 18.5. The molecular weight excluding hydrogens is 562 g/mol. The second-order valence-corrected chi connectivity index (χ2v) is 11.9. The highest BCUT2D eigenvalue weighted by Crippen LogP contribution is 2.36. The summed E-state index contributed by atoms with van der Waals surface area (Å²) >= 11 is 0. The topological polar surface area (TPSA) is 71.9 Å². The Kier molecular flexibility index (Phi) is 9.62. The number of aromatic nitrogens is 2. The maximum atomic E-state index is 13.7. The van der Waals surface area contributed by atoms with Gasteiger partial charge in [-0.05, 0) is 92.4 Å². The number of carbonyl (C=O) groups is 1. The van der Waals surface area contributed by atoms with Crippen LogP contribution in [0.3, 0.4) is 0 Å². The molecule has 8 nitrogen and oxygen atoms in total. The minimum atomic E-state index is -0.0736. The summed E-state index contributed by atoms with van der Waals surface area (Å²) in [5, 5.41) is 7.54. The standard InChI is InChI=1S/C37H43N5O3/c1-4-45-36-8-6-5-7-34(36)28-11-14-35-30(23-28)24-29(16-20-42(35)26-33-15-19-38-41(33)3)37(43)39-31-12-9-27(10-13-31)25-40(2)32-17-21-44-22-18-32/h5-15,19,23-24,32H,4,16-18,20-22,25-26H2,1-3H3,(H,39,43). The van der Waals surface area contributed by atoms with Gasteiger partial charge in [0.2, 0.25) is 0 Å². The first-order valence-electron chi connectivity index (χ1n) is 16.0. The quantitative estimate of drug-likeness (QED) is 0.222. The third-order valence-corrected chi connectivity index (χ3v) is 8.87. The van der Waals surface area contributed by atoms with Gasteiger partial charge in [0.1, 0.15) is 5.75 Å². The van der Waals surface area contributed by atoms with E-state index in [9.17, 15) is 4.79 Å². The average Bonchev–Trinajstić information content (AvgIpc) is 3.38. The van der Waals surface area contributed by atoms with E-state index in [4.69, 9.17) is 9.47 Å². The fourth-order valence-electron chi connectivity index (χ4n) is 6.29. The number of anilines is 2. The fourth-order valence-corrected chi connectivity index (χ4v) is 6.29. The molecule has 2 aliphatic rings. The van der Waals surface area contributed by atoms with Crippen LogP contribution in [-0.2, 0) is 29.7 Å². The lowest BCUT2D eigenvalue weighted by Crippen LogP contribution is -2.36. The molecule has 0 saturated carbocycles. The lowest BCUT2D eigenvalue weighted by Gasteiger charge is -2.31. The number of nitrogens with one attached hydrogen (secondary N) is 1. The first-order valence-corrected chi connectivity index (χ1v) is 16.0. The highest BCUT2D eigenvalue weighted by Gasteiger charge is 2.22. The SMILES string of the molecule is CCOc1ccccc1-c1ccc2c(c1)C=C(C(=O)Nc1ccc(CN(C)C3CCOCC3)cc1)CCN2Cc1ccnn1C. The van der Waals surface area contributed by atoms with Gasteiger partial charge in [-0.15, -0.1) is 0 Å². The number of nitrogens with zero attached hydrogens (tertiary/aromatic N) is 4. The molecule has 0 unspecified atom stereocenters. The molecule has 1 amide bonds. The molecule has 45 heavy (non-hydrogen) atoms. The summed E-state index contributed by atoms with van der Waals surface area (Å²) in [5.41, 5.74) is 8.09. The van der Waals surface area contributed by atoms with Crippen LogP contribution in [-0.4, -0.2) is 60.0 Å². The average molecular weight is 606 g/mol. The van der Waals surface area contributed by atoms with Crippen LogP contribution in [0.1, 0.15) is 43.0 Å². The zero-order valence-electron chi connectivity index (χ0n) is 26.5. The Morgan fingerprint density at radius 3 is 2.62 bits per heavy atom. The van der Waals surface area contributed by atoms with Gasteiger partial charge in [0, 0.05) is 68.1 Å². The minimum absolute atomic E-state index is 0.0736. The molecule has 4 aromatic rings.